The van der Waals surface area contributed by atoms with Gasteiger partial charge in [0.2, 0.25) is 5.91 Å². The average molecular weight is 245 g/mol. The molecule has 0 saturated heterocycles. The van der Waals surface area contributed by atoms with Crippen LogP contribution in [0.3, 0.4) is 0 Å². The van der Waals surface area contributed by atoms with Crippen molar-refractivity contribution in [1.82, 2.24) is 4.90 Å². The van der Waals surface area contributed by atoms with E-state index in [9.17, 15) is 9.59 Å². The number of amides is 1. The van der Waals surface area contributed by atoms with Gasteiger partial charge < -0.3 is 10.0 Å². The molecule has 0 radical (unpaired) electrons. The maximum Gasteiger partial charge on any atom is 0.335 e. The number of nitrogens with zero attached hydrogens (tertiary/aromatic N) is 1. The van der Waals surface area contributed by atoms with Crippen molar-refractivity contribution in [3.05, 3.63) is 34.9 Å². The summed E-state index contributed by atoms with van der Waals surface area (Å²) < 4.78 is 0. The number of carboxylic acid groups (broad SMARTS) is 1. The molecule has 0 atom stereocenters. The maximum absolute atomic E-state index is 12.1. The van der Waals surface area contributed by atoms with Gasteiger partial charge in [0.05, 0.1) is 5.56 Å². The molecule has 1 aliphatic carbocycles. The fourth-order valence-electron chi connectivity index (χ4n) is 2.60. The number of hydrogen-bond acceptors (Lipinski definition) is 2. The van der Waals surface area contributed by atoms with Crippen LogP contribution in [0.15, 0.2) is 18.2 Å². The van der Waals surface area contributed by atoms with E-state index in [0.717, 1.165) is 30.4 Å². The minimum Gasteiger partial charge on any atom is -0.478 e. The van der Waals surface area contributed by atoms with E-state index >= 15 is 0 Å². The van der Waals surface area contributed by atoms with Gasteiger partial charge >= 0.3 is 5.97 Å². The molecule has 1 N–H and O–H groups in total. The van der Waals surface area contributed by atoms with Crippen LogP contribution in [-0.2, 0) is 17.9 Å². The van der Waals surface area contributed by atoms with Gasteiger partial charge in [0.1, 0.15) is 0 Å². The summed E-state index contributed by atoms with van der Waals surface area (Å²) >= 11 is 0. The molecule has 4 heteroatoms. The van der Waals surface area contributed by atoms with Gasteiger partial charge in [-0.25, -0.2) is 4.79 Å². The Bertz CT molecular complexity index is 520. The standard InChI is InChI=1S/C14H15NO3/c16-13(9-2-1-3-9)15-7-11-5-4-10(14(17)18)6-12(11)8-15/h4-6,9H,1-3,7-8H2,(H,17,18). The lowest BCUT2D eigenvalue weighted by atomic mass is 9.84. The zero-order valence-corrected chi connectivity index (χ0v) is 10.1. The summed E-state index contributed by atoms with van der Waals surface area (Å²) in [6, 6.07) is 5.12. The number of aromatic carboxylic acids is 1. The Kier molecular flexibility index (Phi) is 2.58. The lowest BCUT2D eigenvalue weighted by Crippen LogP contribution is -2.35. The van der Waals surface area contributed by atoms with Crippen LogP contribution in [-0.4, -0.2) is 21.9 Å². The monoisotopic (exact) mass is 245 g/mol. The van der Waals surface area contributed by atoms with Crippen LogP contribution in [0.5, 0.6) is 0 Å². The smallest absolute Gasteiger partial charge is 0.335 e. The second kappa shape index (κ2) is 4.12. The van der Waals surface area contributed by atoms with Crippen LogP contribution < -0.4 is 0 Å². The number of carbonyl (C=O) groups is 2. The summed E-state index contributed by atoms with van der Waals surface area (Å²) in [5, 5.41) is 8.95. The highest BCUT2D eigenvalue weighted by Gasteiger charge is 2.32. The summed E-state index contributed by atoms with van der Waals surface area (Å²) in [5.74, 6) is -0.478. The third-order valence-corrected chi connectivity index (χ3v) is 3.94. The first-order valence-electron chi connectivity index (χ1n) is 6.29. The van der Waals surface area contributed by atoms with Crippen LogP contribution in [0.4, 0.5) is 0 Å². The van der Waals surface area contributed by atoms with Gasteiger partial charge in [-0.15, -0.1) is 0 Å². The van der Waals surface area contributed by atoms with Crippen LogP contribution >= 0.6 is 0 Å². The van der Waals surface area contributed by atoms with Gasteiger partial charge in [0.25, 0.3) is 0 Å². The van der Waals surface area contributed by atoms with Crippen molar-refractivity contribution in [3.63, 3.8) is 0 Å². The Hall–Kier alpha value is -1.84. The molecular weight excluding hydrogens is 230 g/mol. The second-order valence-electron chi connectivity index (χ2n) is 5.11. The average Bonchev–Trinajstić information content (AvgIpc) is 2.68. The van der Waals surface area contributed by atoms with Crippen LogP contribution in [0, 0.1) is 5.92 Å². The molecular formula is C14H15NO3. The third-order valence-electron chi connectivity index (χ3n) is 3.94. The Labute approximate surface area is 105 Å². The highest BCUT2D eigenvalue weighted by Crippen LogP contribution is 2.32. The van der Waals surface area contributed by atoms with Crippen molar-refractivity contribution < 1.29 is 14.7 Å². The molecule has 1 saturated carbocycles. The van der Waals surface area contributed by atoms with Crippen LogP contribution in [0.1, 0.15) is 40.7 Å². The molecule has 1 fully saturated rings. The first-order chi connectivity index (χ1) is 8.65. The van der Waals surface area contributed by atoms with E-state index in [1.54, 1.807) is 12.1 Å². The molecule has 18 heavy (non-hydrogen) atoms. The van der Waals surface area contributed by atoms with Gasteiger partial charge in [-0.2, -0.15) is 0 Å². The highest BCUT2D eigenvalue weighted by atomic mass is 16.4. The summed E-state index contributed by atoms with van der Waals surface area (Å²) in [5.41, 5.74) is 2.35. The topological polar surface area (TPSA) is 57.6 Å². The van der Waals surface area contributed by atoms with Crippen molar-refractivity contribution in [1.29, 1.82) is 0 Å². The highest BCUT2D eigenvalue weighted by molar-refractivity contribution is 5.88. The third kappa shape index (κ3) is 1.78. The fourth-order valence-corrected chi connectivity index (χ4v) is 2.60. The van der Waals surface area contributed by atoms with Crippen molar-refractivity contribution in [3.8, 4) is 0 Å². The summed E-state index contributed by atoms with van der Waals surface area (Å²) in [6.07, 6.45) is 3.17. The lowest BCUT2D eigenvalue weighted by molar-refractivity contribution is -0.138. The minimum atomic E-state index is -0.915. The molecule has 1 heterocycles. The Morgan fingerprint density at radius 1 is 1.17 bits per heavy atom. The zero-order chi connectivity index (χ0) is 12.7. The number of carboxylic acids is 1. The number of carbonyl (C=O) groups excluding carboxylic acids is 1. The Morgan fingerprint density at radius 2 is 1.89 bits per heavy atom. The Balaban J connectivity index is 1.78. The van der Waals surface area contributed by atoms with Crippen LogP contribution in [0.25, 0.3) is 0 Å². The largest absolute Gasteiger partial charge is 0.478 e. The van der Waals surface area contributed by atoms with Gasteiger partial charge in [0.15, 0.2) is 0 Å². The molecule has 3 rings (SSSR count). The molecule has 1 aromatic rings. The molecule has 4 nitrogen and oxygen atoms in total. The van der Waals surface area contributed by atoms with E-state index in [0.29, 0.717) is 18.7 Å². The summed E-state index contributed by atoms with van der Waals surface area (Å²) in [7, 11) is 0. The van der Waals surface area contributed by atoms with Gasteiger partial charge in [-0.1, -0.05) is 12.5 Å². The van der Waals surface area contributed by atoms with Crippen molar-refractivity contribution in [2.75, 3.05) is 0 Å². The second-order valence-corrected chi connectivity index (χ2v) is 5.11. The lowest BCUT2D eigenvalue weighted by Gasteiger charge is -2.28. The fraction of sp³-hybridized carbons (Fsp3) is 0.429. The molecule has 0 bridgehead atoms. The molecule has 0 aromatic heterocycles. The number of rotatable bonds is 2. The van der Waals surface area contributed by atoms with E-state index in [1.807, 2.05) is 11.0 Å². The number of fused-ring (bicyclic) bond motifs is 1. The van der Waals surface area contributed by atoms with Gasteiger partial charge in [-0.3, -0.25) is 4.79 Å². The normalized spacial score (nSPS) is 18.3. The van der Waals surface area contributed by atoms with Crippen LogP contribution in [0.2, 0.25) is 0 Å². The van der Waals surface area contributed by atoms with E-state index < -0.39 is 5.97 Å². The number of hydrogen-bond donors (Lipinski definition) is 1. The van der Waals surface area contributed by atoms with E-state index in [1.165, 1.54) is 0 Å². The quantitative estimate of drug-likeness (QED) is 0.867. The van der Waals surface area contributed by atoms with Gasteiger partial charge in [0, 0.05) is 19.0 Å². The first-order valence-corrected chi connectivity index (χ1v) is 6.29. The molecule has 0 unspecified atom stereocenters. The molecule has 0 spiro atoms. The van der Waals surface area contributed by atoms with E-state index in [4.69, 9.17) is 5.11 Å². The van der Waals surface area contributed by atoms with Crippen molar-refractivity contribution >= 4 is 11.9 Å². The predicted octanol–water partition coefficient (Wildman–Crippen LogP) is 2.03. The maximum atomic E-state index is 12.1. The van der Waals surface area contributed by atoms with E-state index in [2.05, 4.69) is 0 Å². The van der Waals surface area contributed by atoms with E-state index in [-0.39, 0.29) is 11.8 Å². The SMILES string of the molecule is O=C(O)c1ccc2c(c1)CN(C(=O)C1CCC1)C2. The summed E-state index contributed by atoms with van der Waals surface area (Å²) in [6.45, 7) is 1.19. The number of benzene rings is 1. The zero-order valence-electron chi connectivity index (χ0n) is 10.1. The molecule has 1 aliphatic heterocycles. The van der Waals surface area contributed by atoms with Crippen molar-refractivity contribution in [2.45, 2.75) is 32.4 Å². The van der Waals surface area contributed by atoms with Gasteiger partial charge in [-0.05, 0) is 36.1 Å². The summed E-state index contributed by atoms with van der Waals surface area (Å²) in [4.78, 5) is 24.9. The molecule has 1 aromatic carbocycles. The van der Waals surface area contributed by atoms with Crippen molar-refractivity contribution in [2.24, 2.45) is 5.92 Å². The Morgan fingerprint density at radius 3 is 2.50 bits per heavy atom. The molecule has 1 amide bonds. The minimum absolute atomic E-state index is 0.207. The molecule has 94 valence electrons. The first kappa shape index (κ1) is 11.3. The predicted molar refractivity (Wildman–Crippen MR) is 65.0 cm³/mol. The molecule has 2 aliphatic rings.